The normalized spacial score (nSPS) is 23.5. The third-order valence-corrected chi connectivity index (χ3v) is 5.13. The van der Waals surface area contributed by atoms with Crippen molar-refractivity contribution >= 4 is 11.8 Å². The lowest BCUT2D eigenvalue weighted by atomic mass is 9.78. The third kappa shape index (κ3) is 3.46. The Labute approximate surface area is 146 Å². The van der Waals surface area contributed by atoms with Gasteiger partial charge in [-0.05, 0) is 26.2 Å². The van der Waals surface area contributed by atoms with Crippen LogP contribution in [0.1, 0.15) is 35.6 Å². The molecule has 7 nitrogen and oxygen atoms in total. The first kappa shape index (κ1) is 17.7. The number of carbonyl (C=O) groups excluding carboxylic acids is 2. The van der Waals surface area contributed by atoms with E-state index in [1.54, 1.807) is 18.9 Å². The molecular weight excluding hydrogens is 324 g/mol. The van der Waals surface area contributed by atoms with Crippen molar-refractivity contribution in [1.29, 1.82) is 0 Å². The molecular formula is C18H24N2O5. The quantitative estimate of drug-likeness (QED) is 0.812. The lowest BCUT2D eigenvalue weighted by molar-refractivity contribution is -0.146. The lowest BCUT2D eigenvalue weighted by Gasteiger charge is -2.39. The molecule has 1 aromatic rings. The largest absolute Gasteiger partial charge is 0.456 e. The highest BCUT2D eigenvalue weighted by Gasteiger charge is 2.49. The second-order valence-corrected chi connectivity index (χ2v) is 6.91. The van der Waals surface area contributed by atoms with Gasteiger partial charge >= 0.3 is 0 Å². The maximum Gasteiger partial charge on any atom is 0.289 e. The third-order valence-electron chi connectivity index (χ3n) is 5.13. The molecule has 0 unspecified atom stereocenters. The molecule has 136 valence electrons. The first-order valence-electron chi connectivity index (χ1n) is 8.65. The highest BCUT2D eigenvalue weighted by molar-refractivity contribution is 5.93. The maximum absolute atomic E-state index is 12.9. The summed E-state index contributed by atoms with van der Waals surface area (Å²) in [4.78, 5) is 40.7. The molecule has 1 spiro atoms. The van der Waals surface area contributed by atoms with Crippen molar-refractivity contribution in [3.63, 3.8) is 0 Å². The predicted octanol–water partition coefficient (Wildman–Crippen LogP) is 1.05. The van der Waals surface area contributed by atoms with Gasteiger partial charge in [0.2, 0.25) is 5.91 Å². The molecule has 0 saturated carbocycles. The fourth-order valence-corrected chi connectivity index (χ4v) is 3.86. The summed E-state index contributed by atoms with van der Waals surface area (Å²) in [7, 11) is 1.62. The van der Waals surface area contributed by atoms with Crippen LogP contribution in [0.3, 0.4) is 0 Å². The van der Waals surface area contributed by atoms with Crippen molar-refractivity contribution in [3.05, 3.63) is 33.9 Å². The van der Waals surface area contributed by atoms with E-state index >= 15 is 0 Å². The van der Waals surface area contributed by atoms with Crippen molar-refractivity contribution in [2.24, 2.45) is 5.41 Å². The molecule has 0 bridgehead atoms. The van der Waals surface area contributed by atoms with Crippen molar-refractivity contribution in [2.75, 3.05) is 39.9 Å². The molecule has 0 radical (unpaired) electrons. The van der Waals surface area contributed by atoms with Gasteiger partial charge in [0.15, 0.2) is 11.2 Å². The van der Waals surface area contributed by atoms with Crippen LogP contribution in [0.2, 0.25) is 0 Å². The number of amides is 2. The first-order chi connectivity index (χ1) is 11.9. The van der Waals surface area contributed by atoms with Crippen molar-refractivity contribution < 1.29 is 18.7 Å². The Morgan fingerprint density at radius 3 is 2.80 bits per heavy atom. The summed E-state index contributed by atoms with van der Waals surface area (Å²) in [6.07, 6.45) is 2.37. The Kier molecular flexibility index (Phi) is 4.94. The molecule has 3 rings (SSSR count). The molecule has 2 amide bonds. The summed E-state index contributed by atoms with van der Waals surface area (Å²) >= 11 is 0. The Balaban J connectivity index is 1.74. The Morgan fingerprint density at radius 1 is 1.28 bits per heavy atom. The van der Waals surface area contributed by atoms with Gasteiger partial charge in [-0.15, -0.1) is 0 Å². The molecule has 1 atom stereocenters. The molecule has 0 N–H and O–H groups in total. The summed E-state index contributed by atoms with van der Waals surface area (Å²) in [6, 6.07) is 2.56. The van der Waals surface area contributed by atoms with Crippen LogP contribution in [0.4, 0.5) is 0 Å². The van der Waals surface area contributed by atoms with Gasteiger partial charge in [-0.3, -0.25) is 14.4 Å². The Hall–Kier alpha value is -2.15. The van der Waals surface area contributed by atoms with Gasteiger partial charge in [0.05, 0.1) is 12.0 Å². The van der Waals surface area contributed by atoms with E-state index < -0.39 is 5.41 Å². The van der Waals surface area contributed by atoms with Crippen LogP contribution in [-0.4, -0.2) is 61.5 Å². The minimum atomic E-state index is -0.508. The van der Waals surface area contributed by atoms with E-state index in [1.165, 1.54) is 12.1 Å². The summed E-state index contributed by atoms with van der Waals surface area (Å²) in [5.74, 6) is 0.238. The van der Waals surface area contributed by atoms with Crippen LogP contribution >= 0.6 is 0 Å². The van der Waals surface area contributed by atoms with E-state index in [-0.39, 0.29) is 23.0 Å². The van der Waals surface area contributed by atoms with Gasteiger partial charge < -0.3 is 19.0 Å². The summed E-state index contributed by atoms with van der Waals surface area (Å²) in [5.41, 5.74) is -0.758. The van der Waals surface area contributed by atoms with E-state index in [1.807, 2.05) is 4.90 Å². The van der Waals surface area contributed by atoms with Crippen LogP contribution in [0.25, 0.3) is 0 Å². The first-order valence-corrected chi connectivity index (χ1v) is 8.65. The maximum atomic E-state index is 12.9. The number of likely N-dealkylation sites (tertiary alicyclic amines) is 2. The number of carbonyl (C=O) groups is 2. The second-order valence-electron chi connectivity index (χ2n) is 6.91. The zero-order valence-corrected chi connectivity index (χ0v) is 14.7. The van der Waals surface area contributed by atoms with Crippen LogP contribution < -0.4 is 5.43 Å². The molecule has 3 heterocycles. The Bertz CT molecular complexity index is 728. The highest BCUT2D eigenvalue weighted by atomic mass is 16.5. The number of ether oxygens (including phenoxy) is 1. The van der Waals surface area contributed by atoms with Crippen LogP contribution in [-0.2, 0) is 9.53 Å². The number of piperidine rings is 1. The van der Waals surface area contributed by atoms with Gasteiger partial charge in [-0.25, -0.2) is 0 Å². The fourth-order valence-electron chi connectivity index (χ4n) is 3.86. The monoisotopic (exact) mass is 348 g/mol. The average molecular weight is 348 g/mol. The van der Waals surface area contributed by atoms with Gasteiger partial charge in [0.1, 0.15) is 5.76 Å². The van der Waals surface area contributed by atoms with E-state index in [4.69, 9.17) is 9.15 Å². The van der Waals surface area contributed by atoms with E-state index in [0.717, 1.165) is 19.4 Å². The highest BCUT2D eigenvalue weighted by Crippen LogP contribution is 2.40. The molecule has 2 aliphatic rings. The average Bonchev–Trinajstić information content (AvgIpc) is 3.00. The van der Waals surface area contributed by atoms with Crippen LogP contribution in [0.15, 0.2) is 21.3 Å². The number of methoxy groups -OCH3 is 1. The molecule has 0 aromatic carbocycles. The predicted molar refractivity (Wildman–Crippen MR) is 90.4 cm³/mol. The SMILES string of the molecule is COCCN1CCC[C@]2(CCN(C(=O)c3cc(=O)cc(C)o3)C2)C1=O. The molecule has 2 fully saturated rings. The lowest BCUT2D eigenvalue weighted by Crippen LogP contribution is -2.51. The number of hydrogen-bond acceptors (Lipinski definition) is 5. The minimum absolute atomic E-state index is 0.0431. The molecule has 1 aromatic heterocycles. The molecule has 2 saturated heterocycles. The van der Waals surface area contributed by atoms with Crippen LogP contribution in [0.5, 0.6) is 0 Å². The minimum Gasteiger partial charge on any atom is -0.456 e. The zero-order valence-electron chi connectivity index (χ0n) is 14.7. The summed E-state index contributed by atoms with van der Waals surface area (Å²) in [6.45, 7) is 4.36. The van der Waals surface area contributed by atoms with Gasteiger partial charge in [-0.2, -0.15) is 0 Å². The summed E-state index contributed by atoms with van der Waals surface area (Å²) < 4.78 is 10.5. The Morgan fingerprint density at radius 2 is 2.08 bits per heavy atom. The number of nitrogens with zero attached hydrogens (tertiary/aromatic N) is 2. The smallest absolute Gasteiger partial charge is 0.289 e. The number of aryl methyl sites for hydroxylation is 1. The fraction of sp³-hybridized carbons (Fsp3) is 0.611. The van der Waals surface area contributed by atoms with Crippen molar-refractivity contribution in [2.45, 2.75) is 26.2 Å². The van der Waals surface area contributed by atoms with E-state index in [2.05, 4.69) is 0 Å². The van der Waals surface area contributed by atoms with E-state index in [0.29, 0.717) is 38.4 Å². The van der Waals surface area contributed by atoms with Crippen molar-refractivity contribution in [1.82, 2.24) is 9.80 Å². The van der Waals surface area contributed by atoms with Gasteiger partial charge in [0, 0.05) is 45.4 Å². The molecule has 25 heavy (non-hydrogen) atoms. The molecule has 7 heteroatoms. The van der Waals surface area contributed by atoms with Gasteiger partial charge in [-0.1, -0.05) is 0 Å². The standard InChI is InChI=1S/C18H24N2O5/c1-13-10-14(21)11-15(25-13)16(22)20-7-5-18(12-20)4-3-6-19(17(18)23)8-9-24-2/h10-11H,3-9,12H2,1-2H3/t18-/m1/s1. The van der Waals surface area contributed by atoms with Crippen molar-refractivity contribution in [3.8, 4) is 0 Å². The number of rotatable bonds is 4. The number of hydrogen-bond donors (Lipinski definition) is 0. The molecule has 2 aliphatic heterocycles. The molecule has 0 aliphatic carbocycles. The zero-order chi connectivity index (χ0) is 18.0. The van der Waals surface area contributed by atoms with E-state index in [9.17, 15) is 14.4 Å². The second kappa shape index (κ2) is 7.00. The van der Waals surface area contributed by atoms with Gasteiger partial charge in [0.25, 0.3) is 5.91 Å². The van der Waals surface area contributed by atoms with Crippen LogP contribution in [0, 0.1) is 12.3 Å². The topological polar surface area (TPSA) is 80.1 Å². The summed E-state index contributed by atoms with van der Waals surface area (Å²) in [5, 5.41) is 0.